The Balaban J connectivity index is 1.93. The molecule has 3 rings (SSSR count). The first-order valence-corrected chi connectivity index (χ1v) is 7.41. The lowest BCUT2D eigenvalue weighted by molar-refractivity contribution is -0.188. The Hall–Kier alpha value is -0.980. The predicted octanol–water partition coefficient (Wildman–Crippen LogP) is 1.89. The zero-order chi connectivity index (χ0) is 14.9. The maximum Gasteiger partial charge on any atom is 0.215 e. The Bertz CT molecular complexity index is 555. The summed E-state index contributed by atoms with van der Waals surface area (Å²) in [5, 5.41) is 13.5. The summed E-state index contributed by atoms with van der Waals surface area (Å²) in [7, 11) is 0. The molecule has 0 radical (unpaired) electrons. The van der Waals surface area contributed by atoms with Crippen molar-refractivity contribution in [1.29, 1.82) is 0 Å². The molecule has 1 saturated heterocycles. The summed E-state index contributed by atoms with van der Waals surface area (Å²) >= 11 is 12.3. The smallest absolute Gasteiger partial charge is 0.215 e. The molecule has 0 aromatic heterocycles. The zero-order valence-corrected chi connectivity index (χ0v) is 12.8. The molecular weight excluding hydrogens is 315 g/mol. The van der Waals surface area contributed by atoms with E-state index in [1.807, 2.05) is 17.3 Å². The molecule has 0 amide bonds. The highest BCUT2D eigenvalue weighted by Crippen LogP contribution is 2.39. The molecule has 7 heteroatoms. The minimum absolute atomic E-state index is 0.0962. The van der Waals surface area contributed by atoms with Crippen LogP contribution < -0.4 is 5.32 Å². The third-order valence-corrected chi connectivity index (χ3v) is 4.06. The number of hydrogen-bond acceptors (Lipinski definition) is 5. The van der Waals surface area contributed by atoms with E-state index >= 15 is 0 Å². The van der Waals surface area contributed by atoms with Gasteiger partial charge in [-0.2, -0.15) is 0 Å². The van der Waals surface area contributed by atoms with Crippen LogP contribution in [0.25, 0.3) is 0 Å². The third kappa shape index (κ3) is 2.98. The van der Waals surface area contributed by atoms with E-state index in [1.165, 1.54) is 0 Å². The van der Waals surface area contributed by atoms with Gasteiger partial charge in [-0.1, -0.05) is 29.3 Å². The first-order valence-electron chi connectivity index (χ1n) is 6.65. The third-order valence-electron chi connectivity index (χ3n) is 3.51. The number of aliphatic hydroxyl groups is 1. The van der Waals surface area contributed by atoms with Crippen LogP contribution in [0, 0.1) is 0 Å². The number of halogens is 2. The van der Waals surface area contributed by atoms with Gasteiger partial charge in [0.05, 0.1) is 31.4 Å². The number of nitrogens with zero attached hydrogens (tertiary/aromatic N) is 1. The van der Waals surface area contributed by atoms with Gasteiger partial charge in [0.15, 0.2) is 0 Å². The second-order valence-electron chi connectivity index (χ2n) is 5.04. The summed E-state index contributed by atoms with van der Waals surface area (Å²) in [5.74, 6) is -1.01. The van der Waals surface area contributed by atoms with E-state index in [9.17, 15) is 5.11 Å². The van der Waals surface area contributed by atoms with Crippen LogP contribution in [0.5, 0.6) is 0 Å². The molecule has 1 aromatic carbocycles. The van der Waals surface area contributed by atoms with E-state index in [0.717, 1.165) is 0 Å². The largest absolute Gasteiger partial charge is 0.394 e. The maximum absolute atomic E-state index is 9.32. The number of aliphatic hydroxyl groups excluding tert-OH is 1. The van der Waals surface area contributed by atoms with Gasteiger partial charge in [-0.15, -0.1) is 0 Å². The van der Waals surface area contributed by atoms with Crippen molar-refractivity contribution >= 4 is 23.2 Å². The highest BCUT2D eigenvalue weighted by Gasteiger charge is 2.45. The van der Waals surface area contributed by atoms with Gasteiger partial charge in [-0.3, -0.25) is 0 Å². The molecule has 2 aliphatic rings. The highest BCUT2D eigenvalue weighted by atomic mass is 35.5. The molecule has 1 fully saturated rings. The van der Waals surface area contributed by atoms with Crippen molar-refractivity contribution in [3.63, 3.8) is 0 Å². The molecule has 1 aromatic rings. The Kier molecular flexibility index (Phi) is 4.28. The lowest BCUT2D eigenvalue weighted by Crippen LogP contribution is -2.41. The maximum atomic E-state index is 9.32. The Labute approximate surface area is 133 Å². The summed E-state index contributed by atoms with van der Waals surface area (Å²) in [5.41, 5.74) is 0.713. The van der Waals surface area contributed by atoms with Gasteiger partial charge in [0.1, 0.15) is 6.10 Å². The first kappa shape index (κ1) is 14.9. The number of hydrogen-bond donors (Lipinski definition) is 2. The number of rotatable bonds is 4. The minimum atomic E-state index is -1.01. The fourth-order valence-electron chi connectivity index (χ4n) is 2.52. The number of benzene rings is 1. The van der Waals surface area contributed by atoms with Gasteiger partial charge in [0.2, 0.25) is 5.79 Å². The second-order valence-corrected chi connectivity index (χ2v) is 5.88. The molecule has 2 atom stereocenters. The minimum Gasteiger partial charge on any atom is -0.394 e. The number of nitrogens with one attached hydrogen (secondary N) is 1. The lowest BCUT2D eigenvalue weighted by atomic mass is 10.1. The average Bonchev–Trinajstić information content (AvgIpc) is 3.09. The first-order chi connectivity index (χ1) is 10.1. The zero-order valence-electron chi connectivity index (χ0n) is 11.3. The molecule has 0 bridgehead atoms. The molecular formula is C14H16Cl2N2O3. The standard InChI is InChI=1S/C14H16Cl2N2O3/c15-10-1-2-12(13(16)5-10)14(8-18-4-3-17-9-18)20-7-11(6-19)21-14/h1-5,11,17,19H,6-9H2/t11-,14+/m1/s1. The van der Waals surface area contributed by atoms with Gasteiger partial charge in [-0.05, 0) is 12.1 Å². The van der Waals surface area contributed by atoms with Crippen molar-refractivity contribution in [3.05, 3.63) is 46.2 Å². The van der Waals surface area contributed by atoms with Crippen LogP contribution in [0.3, 0.4) is 0 Å². The second kappa shape index (κ2) is 6.02. The Morgan fingerprint density at radius 2 is 2.29 bits per heavy atom. The van der Waals surface area contributed by atoms with Crippen LogP contribution in [0.15, 0.2) is 30.6 Å². The summed E-state index contributed by atoms with van der Waals surface area (Å²) < 4.78 is 11.9. The topological polar surface area (TPSA) is 54.0 Å². The van der Waals surface area contributed by atoms with E-state index in [0.29, 0.717) is 35.4 Å². The van der Waals surface area contributed by atoms with Crippen molar-refractivity contribution in [1.82, 2.24) is 10.2 Å². The van der Waals surface area contributed by atoms with Gasteiger partial charge >= 0.3 is 0 Å². The Morgan fingerprint density at radius 3 is 2.90 bits per heavy atom. The van der Waals surface area contributed by atoms with Crippen LogP contribution in [0.1, 0.15) is 5.56 Å². The van der Waals surface area contributed by atoms with Gasteiger partial charge < -0.3 is 24.8 Å². The van der Waals surface area contributed by atoms with Gasteiger partial charge in [0.25, 0.3) is 0 Å². The molecule has 2 aliphatic heterocycles. The molecule has 0 spiro atoms. The molecule has 0 saturated carbocycles. The molecule has 114 valence electrons. The summed E-state index contributed by atoms with van der Waals surface area (Å²) in [4.78, 5) is 2.02. The van der Waals surface area contributed by atoms with Crippen molar-refractivity contribution in [2.24, 2.45) is 0 Å². The van der Waals surface area contributed by atoms with Crippen LogP contribution >= 0.6 is 23.2 Å². The molecule has 2 heterocycles. The molecule has 2 N–H and O–H groups in total. The van der Waals surface area contributed by atoms with E-state index in [1.54, 1.807) is 18.2 Å². The average molecular weight is 331 g/mol. The van der Waals surface area contributed by atoms with Crippen molar-refractivity contribution in [3.8, 4) is 0 Å². The van der Waals surface area contributed by atoms with E-state index in [2.05, 4.69) is 5.32 Å². The molecule has 0 aliphatic carbocycles. The van der Waals surface area contributed by atoms with E-state index in [-0.39, 0.29) is 12.7 Å². The number of ether oxygens (including phenoxy) is 2. The van der Waals surface area contributed by atoms with E-state index < -0.39 is 5.79 Å². The van der Waals surface area contributed by atoms with Gasteiger partial charge in [-0.25, -0.2) is 0 Å². The molecule has 0 unspecified atom stereocenters. The quantitative estimate of drug-likeness (QED) is 0.882. The SMILES string of the molecule is OC[C@@H]1CO[C@](CN2C=CNC2)(c2ccc(Cl)cc2Cl)O1. The summed E-state index contributed by atoms with van der Waals surface area (Å²) in [6, 6.07) is 5.22. The normalized spacial score (nSPS) is 28.1. The van der Waals surface area contributed by atoms with Crippen LogP contribution in [-0.4, -0.2) is 42.5 Å². The monoisotopic (exact) mass is 330 g/mol. The van der Waals surface area contributed by atoms with Crippen LogP contribution in [0.2, 0.25) is 10.0 Å². The van der Waals surface area contributed by atoms with Crippen molar-refractivity contribution in [2.45, 2.75) is 11.9 Å². The van der Waals surface area contributed by atoms with Crippen molar-refractivity contribution < 1.29 is 14.6 Å². The van der Waals surface area contributed by atoms with Gasteiger partial charge in [0, 0.05) is 23.0 Å². The van der Waals surface area contributed by atoms with E-state index in [4.69, 9.17) is 32.7 Å². The van der Waals surface area contributed by atoms with Crippen molar-refractivity contribution in [2.75, 3.05) is 26.4 Å². The molecule has 5 nitrogen and oxygen atoms in total. The fraction of sp³-hybridized carbons (Fsp3) is 0.429. The van der Waals surface area contributed by atoms with Crippen LogP contribution in [0.4, 0.5) is 0 Å². The summed E-state index contributed by atoms with van der Waals surface area (Å²) in [6.45, 7) is 1.36. The highest BCUT2D eigenvalue weighted by molar-refractivity contribution is 6.35. The predicted molar refractivity (Wildman–Crippen MR) is 79.9 cm³/mol. The molecule has 21 heavy (non-hydrogen) atoms. The summed E-state index contributed by atoms with van der Waals surface area (Å²) in [6.07, 6.45) is 3.41. The Morgan fingerprint density at radius 1 is 1.43 bits per heavy atom. The fourth-order valence-corrected chi connectivity index (χ4v) is 3.07. The lowest BCUT2D eigenvalue weighted by Gasteiger charge is -2.33. The van der Waals surface area contributed by atoms with Crippen LogP contribution in [-0.2, 0) is 15.3 Å².